The van der Waals surface area contributed by atoms with Gasteiger partial charge in [-0.3, -0.25) is 4.79 Å². The lowest BCUT2D eigenvalue weighted by molar-refractivity contribution is 0.0731. The molecule has 0 saturated heterocycles. The van der Waals surface area contributed by atoms with Crippen molar-refractivity contribution in [3.8, 4) is 0 Å². The number of aryl methyl sites for hydroxylation is 1. The molecule has 1 amide bonds. The Kier molecular flexibility index (Phi) is 3.19. The van der Waals surface area contributed by atoms with Crippen molar-refractivity contribution >= 4 is 21.8 Å². The first kappa shape index (κ1) is 11.5. The molecule has 4 heteroatoms. The summed E-state index contributed by atoms with van der Waals surface area (Å²) in [6.07, 6.45) is 3.10. The zero-order valence-corrected chi connectivity index (χ0v) is 11.0. The summed E-state index contributed by atoms with van der Waals surface area (Å²) in [6, 6.07) is 1.82. The van der Waals surface area contributed by atoms with E-state index in [1.807, 2.05) is 24.8 Å². The van der Waals surface area contributed by atoms with Crippen molar-refractivity contribution in [2.75, 3.05) is 13.1 Å². The van der Waals surface area contributed by atoms with E-state index >= 15 is 0 Å². The van der Waals surface area contributed by atoms with Gasteiger partial charge in [0.05, 0.1) is 0 Å². The van der Waals surface area contributed by atoms with Crippen molar-refractivity contribution in [1.29, 1.82) is 0 Å². The summed E-state index contributed by atoms with van der Waals surface area (Å²) in [5.41, 5.74) is 2.12. The topological polar surface area (TPSA) is 33.5 Å². The van der Waals surface area contributed by atoms with Crippen LogP contribution < -0.4 is 0 Å². The van der Waals surface area contributed by atoms with Gasteiger partial charge in [0.2, 0.25) is 0 Å². The number of hydrogen-bond acceptors (Lipinski definition) is 2. The predicted octanol–water partition coefficient (Wildman–Crippen LogP) is 3.14. The molecule has 0 saturated carbocycles. The number of carbonyl (C=O) groups is 1. The van der Waals surface area contributed by atoms with Crippen LogP contribution in [0.15, 0.2) is 26.8 Å². The number of furan rings is 1. The summed E-state index contributed by atoms with van der Waals surface area (Å²) in [7, 11) is 0. The van der Waals surface area contributed by atoms with Crippen molar-refractivity contribution in [2.45, 2.75) is 20.3 Å². The normalized spacial score (nSPS) is 16.2. The van der Waals surface area contributed by atoms with Gasteiger partial charge in [0.15, 0.2) is 10.4 Å². The highest BCUT2D eigenvalue weighted by atomic mass is 79.9. The fraction of sp³-hybridized carbons (Fsp3) is 0.417. The van der Waals surface area contributed by atoms with Gasteiger partial charge in [-0.25, -0.2) is 0 Å². The van der Waals surface area contributed by atoms with E-state index in [1.54, 1.807) is 0 Å². The highest BCUT2D eigenvalue weighted by molar-refractivity contribution is 9.10. The molecule has 1 aliphatic rings. The van der Waals surface area contributed by atoms with Gasteiger partial charge in [0.25, 0.3) is 5.91 Å². The van der Waals surface area contributed by atoms with Gasteiger partial charge in [0.1, 0.15) is 0 Å². The average molecular weight is 284 g/mol. The van der Waals surface area contributed by atoms with Crippen molar-refractivity contribution < 1.29 is 9.21 Å². The molecule has 3 nitrogen and oxygen atoms in total. The zero-order valence-electron chi connectivity index (χ0n) is 9.42. The largest absolute Gasteiger partial charge is 0.444 e. The highest BCUT2D eigenvalue weighted by Crippen LogP contribution is 2.22. The molecule has 0 unspecified atom stereocenters. The second kappa shape index (κ2) is 4.45. The quantitative estimate of drug-likeness (QED) is 0.742. The van der Waals surface area contributed by atoms with E-state index in [1.165, 1.54) is 5.57 Å². The van der Waals surface area contributed by atoms with E-state index in [4.69, 9.17) is 4.42 Å². The molecule has 0 fully saturated rings. The molecule has 16 heavy (non-hydrogen) atoms. The van der Waals surface area contributed by atoms with Crippen LogP contribution in [0.25, 0.3) is 0 Å². The van der Waals surface area contributed by atoms with Crippen molar-refractivity contribution in [1.82, 2.24) is 4.90 Å². The number of nitrogens with zero attached hydrogens (tertiary/aromatic N) is 1. The maximum atomic E-state index is 12.2. The molecule has 0 atom stereocenters. The van der Waals surface area contributed by atoms with Gasteiger partial charge in [-0.15, -0.1) is 0 Å². The van der Waals surface area contributed by atoms with Gasteiger partial charge in [-0.2, -0.15) is 0 Å². The van der Waals surface area contributed by atoms with E-state index in [2.05, 4.69) is 22.0 Å². The maximum Gasteiger partial charge on any atom is 0.290 e. The van der Waals surface area contributed by atoms with Crippen LogP contribution in [-0.4, -0.2) is 23.9 Å². The molecule has 2 rings (SSSR count). The number of carbonyl (C=O) groups excluding carboxylic acids is 1. The molecule has 1 aliphatic heterocycles. The van der Waals surface area contributed by atoms with Crippen LogP contribution in [0.1, 0.15) is 29.5 Å². The monoisotopic (exact) mass is 283 g/mol. The van der Waals surface area contributed by atoms with Gasteiger partial charge < -0.3 is 9.32 Å². The van der Waals surface area contributed by atoms with Crippen molar-refractivity contribution in [2.24, 2.45) is 0 Å². The van der Waals surface area contributed by atoms with Crippen LogP contribution in [0.4, 0.5) is 0 Å². The van der Waals surface area contributed by atoms with E-state index in [9.17, 15) is 4.79 Å². The molecule has 0 N–H and O–H groups in total. The maximum absolute atomic E-state index is 12.2. The van der Waals surface area contributed by atoms with Crippen LogP contribution in [0.2, 0.25) is 0 Å². The van der Waals surface area contributed by atoms with Crippen molar-refractivity contribution in [3.63, 3.8) is 0 Å². The minimum atomic E-state index is -0.0179. The summed E-state index contributed by atoms with van der Waals surface area (Å²) in [5.74, 6) is 0.428. The molecule has 0 radical (unpaired) electrons. The van der Waals surface area contributed by atoms with Gasteiger partial charge in [-0.05, 0) is 42.3 Å². The molecule has 2 heterocycles. The minimum Gasteiger partial charge on any atom is -0.444 e. The van der Waals surface area contributed by atoms with Crippen LogP contribution >= 0.6 is 15.9 Å². The fourth-order valence-corrected chi connectivity index (χ4v) is 2.39. The third kappa shape index (κ3) is 2.21. The summed E-state index contributed by atoms with van der Waals surface area (Å²) >= 11 is 3.24. The van der Waals surface area contributed by atoms with Crippen molar-refractivity contribution in [3.05, 3.63) is 33.7 Å². The van der Waals surface area contributed by atoms with E-state index in [-0.39, 0.29) is 5.91 Å². The van der Waals surface area contributed by atoms with E-state index in [0.29, 0.717) is 17.0 Å². The van der Waals surface area contributed by atoms with Crippen LogP contribution in [0.5, 0.6) is 0 Å². The number of amides is 1. The van der Waals surface area contributed by atoms with Gasteiger partial charge >= 0.3 is 0 Å². The van der Waals surface area contributed by atoms with Gasteiger partial charge in [0, 0.05) is 18.7 Å². The van der Waals surface area contributed by atoms with Gasteiger partial charge in [-0.1, -0.05) is 11.6 Å². The predicted molar refractivity (Wildman–Crippen MR) is 65.4 cm³/mol. The third-order valence-corrected chi connectivity index (χ3v) is 3.09. The molecule has 0 aromatic carbocycles. The summed E-state index contributed by atoms with van der Waals surface area (Å²) in [6.45, 7) is 5.41. The smallest absolute Gasteiger partial charge is 0.290 e. The Balaban J connectivity index is 2.19. The lowest BCUT2D eigenvalue weighted by Gasteiger charge is -2.25. The Morgan fingerprint density at radius 3 is 2.81 bits per heavy atom. The molecule has 0 bridgehead atoms. The van der Waals surface area contributed by atoms with E-state index < -0.39 is 0 Å². The number of rotatable bonds is 1. The molecule has 86 valence electrons. The third-order valence-electron chi connectivity index (χ3n) is 2.70. The molecular formula is C12H14BrNO2. The zero-order chi connectivity index (χ0) is 11.7. The lowest BCUT2D eigenvalue weighted by atomic mass is 10.1. The molecule has 1 aromatic heterocycles. The second-order valence-corrected chi connectivity index (χ2v) is 4.91. The summed E-state index contributed by atoms with van der Waals surface area (Å²) in [4.78, 5) is 14.0. The van der Waals surface area contributed by atoms with Crippen LogP contribution in [-0.2, 0) is 0 Å². The first-order valence-electron chi connectivity index (χ1n) is 5.29. The molecule has 0 spiro atoms. The second-order valence-electron chi connectivity index (χ2n) is 4.13. The summed E-state index contributed by atoms with van der Waals surface area (Å²) < 4.78 is 5.98. The lowest BCUT2D eigenvalue weighted by Crippen LogP contribution is -2.35. The standard InChI is InChI=1S/C12H14BrNO2/c1-8-4-3-5-14(7-8)12(15)11-9(2)6-10(13)16-11/h4,6H,3,5,7H2,1-2H3. The number of hydrogen-bond donors (Lipinski definition) is 0. The fourth-order valence-electron chi connectivity index (χ4n) is 1.88. The minimum absolute atomic E-state index is 0.0179. The molecule has 1 aromatic rings. The Hall–Kier alpha value is -1.03. The molecule has 0 aliphatic carbocycles. The van der Waals surface area contributed by atoms with Crippen LogP contribution in [0.3, 0.4) is 0 Å². The Labute approximate surface area is 103 Å². The first-order valence-corrected chi connectivity index (χ1v) is 6.08. The average Bonchev–Trinajstić information content (AvgIpc) is 2.57. The Morgan fingerprint density at radius 1 is 1.50 bits per heavy atom. The molecular weight excluding hydrogens is 270 g/mol. The van der Waals surface area contributed by atoms with Crippen LogP contribution in [0, 0.1) is 6.92 Å². The van der Waals surface area contributed by atoms with E-state index in [0.717, 1.165) is 18.5 Å². The SMILES string of the molecule is CC1=CCCN(C(=O)c2oc(Br)cc2C)C1. The number of halogens is 1. The highest BCUT2D eigenvalue weighted by Gasteiger charge is 2.23. The Morgan fingerprint density at radius 2 is 2.25 bits per heavy atom. The summed E-state index contributed by atoms with van der Waals surface area (Å²) in [5, 5.41) is 0. The first-order chi connectivity index (χ1) is 7.58. The Bertz CT molecular complexity index is 448.